The van der Waals surface area contributed by atoms with Gasteiger partial charge in [0.15, 0.2) is 0 Å². The molecule has 4 heteroatoms. The van der Waals surface area contributed by atoms with Crippen molar-refractivity contribution in [1.82, 2.24) is 0 Å². The molecule has 88 valence electrons. The van der Waals surface area contributed by atoms with Crippen LogP contribution in [0, 0.1) is 12.3 Å². The van der Waals surface area contributed by atoms with Gasteiger partial charge in [0, 0.05) is 6.54 Å². The molecular weight excluding hydrogens is 226 g/mol. The van der Waals surface area contributed by atoms with E-state index >= 15 is 0 Å². The molecule has 1 aliphatic rings. The van der Waals surface area contributed by atoms with E-state index in [0.717, 1.165) is 11.3 Å². The quantitative estimate of drug-likeness (QED) is 0.848. The van der Waals surface area contributed by atoms with Crippen molar-refractivity contribution in [2.45, 2.75) is 6.92 Å². The molecule has 0 spiro atoms. The molecule has 0 atom stereocenters. The minimum atomic E-state index is -0.132. The third-order valence-electron chi connectivity index (χ3n) is 2.93. The molecule has 1 aromatic rings. The van der Waals surface area contributed by atoms with Crippen LogP contribution in [0.5, 0.6) is 0 Å². The molecule has 1 saturated heterocycles. The molecule has 1 fully saturated rings. The molecule has 1 aromatic carbocycles. The van der Waals surface area contributed by atoms with E-state index in [-0.39, 0.29) is 12.0 Å². The van der Waals surface area contributed by atoms with Gasteiger partial charge in [-0.2, -0.15) is 0 Å². The fourth-order valence-electron chi connectivity index (χ4n) is 1.70. The van der Waals surface area contributed by atoms with Crippen LogP contribution in [0.25, 0.3) is 0 Å². The van der Waals surface area contributed by atoms with Gasteiger partial charge in [-0.05, 0) is 24.6 Å². The van der Waals surface area contributed by atoms with Crippen molar-refractivity contribution in [3.8, 4) is 0 Å². The topological polar surface area (TPSA) is 41.5 Å². The summed E-state index contributed by atoms with van der Waals surface area (Å²) in [4.78, 5) is 0. The van der Waals surface area contributed by atoms with Gasteiger partial charge >= 0.3 is 0 Å². The lowest BCUT2D eigenvalue weighted by Gasteiger charge is -2.40. The molecule has 0 unspecified atom stereocenters. The SMILES string of the molecule is Cc1ccc(Cl)c(NCC2(CO)COC2)c1. The number of hydrogen-bond donors (Lipinski definition) is 2. The highest BCUT2D eigenvalue weighted by atomic mass is 35.5. The van der Waals surface area contributed by atoms with Gasteiger partial charge in [-0.1, -0.05) is 17.7 Å². The fourth-order valence-corrected chi connectivity index (χ4v) is 1.88. The van der Waals surface area contributed by atoms with Gasteiger partial charge in [0.2, 0.25) is 0 Å². The zero-order chi connectivity index (χ0) is 11.6. The van der Waals surface area contributed by atoms with Crippen LogP contribution in [0.2, 0.25) is 5.02 Å². The predicted octanol–water partition coefficient (Wildman–Crippen LogP) is 2.07. The number of ether oxygens (including phenoxy) is 1. The second-order valence-corrected chi connectivity index (χ2v) is 4.89. The van der Waals surface area contributed by atoms with Crippen LogP contribution in [0.15, 0.2) is 18.2 Å². The number of aliphatic hydroxyl groups is 1. The predicted molar refractivity (Wildman–Crippen MR) is 65.0 cm³/mol. The van der Waals surface area contributed by atoms with Crippen molar-refractivity contribution in [1.29, 1.82) is 0 Å². The highest BCUT2D eigenvalue weighted by Crippen LogP contribution is 2.29. The number of aliphatic hydroxyl groups excluding tert-OH is 1. The maximum absolute atomic E-state index is 9.29. The van der Waals surface area contributed by atoms with Crippen LogP contribution in [0.4, 0.5) is 5.69 Å². The van der Waals surface area contributed by atoms with Gasteiger partial charge in [-0.3, -0.25) is 0 Å². The Morgan fingerprint density at radius 1 is 1.50 bits per heavy atom. The Kier molecular flexibility index (Phi) is 3.38. The summed E-state index contributed by atoms with van der Waals surface area (Å²) in [5.74, 6) is 0. The summed E-state index contributed by atoms with van der Waals surface area (Å²) in [6.45, 7) is 4.08. The minimum absolute atomic E-state index is 0.132. The third-order valence-corrected chi connectivity index (χ3v) is 3.26. The zero-order valence-corrected chi connectivity index (χ0v) is 10.0. The number of benzene rings is 1. The summed E-state index contributed by atoms with van der Waals surface area (Å²) in [7, 11) is 0. The molecule has 16 heavy (non-hydrogen) atoms. The number of anilines is 1. The van der Waals surface area contributed by atoms with Crippen LogP contribution in [0.3, 0.4) is 0 Å². The molecule has 1 aliphatic heterocycles. The average Bonchev–Trinajstić information content (AvgIpc) is 2.22. The lowest BCUT2D eigenvalue weighted by atomic mass is 9.87. The Morgan fingerprint density at radius 2 is 2.25 bits per heavy atom. The Labute approximate surface area is 100 Å². The van der Waals surface area contributed by atoms with E-state index in [1.807, 2.05) is 25.1 Å². The monoisotopic (exact) mass is 241 g/mol. The number of rotatable bonds is 4. The Bertz CT molecular complexity index is 372. The van der Waals surface area contributed by atoms with Gasteiger partial charge in [-0.15, -0.1) is 0 Å². The summed E-state index contributed by atoms with van der Waals surface area (Å²) >= 11 is 6.07. The first kappa shape index (κ1) is 11.7. The first-order valence-corrected chi connectivity index (χ1v) is 5.72. The lowest BCUT2D eigenvalue weighted by molar-refractivity contribution is -0.128. The van der Waals surface area contributed by atoms with E-state index in [2.05, 4.69) is 5.32 Å². The van der Waals surface area contributed by atoms with Gasteiger partial charge in [0.25, 0.3) is 0 Å². The van der Waals surface area contributed by atoms with Gasteiger partial charge in [-0.25, -0.2) is 0 Å². The van der Waals surface area contributed by atoms with E-state index in [1.54, 1.807) is 0 Å². The first-order chi connectivity index (χ1) is 7.65. The van der Waals surface area contributed by atoms with E-state index in [4.69, 9.17) is 16.3 Å². The molecule has 0 bridgehead atoms. The van der Waals surface area contributed by atoms with E-state index in [0.29, 0.717) is 24.8 Å². The molecule has 0 saturated carbocycles. The van der Waals surface area contributed by atoms with E-state index < -0.39 is 0 Å². The fraction of sp³-hybridized carbons (Fsp3) is 0.500. The highest BCUT2D eigenvalue weighted by molar-refractivity contribution is 6.33. The molecular formula is C12H16ClNO2. The van der Waals surface area contributed by atoms with Crippen LogP contribution >= 0.6 is 11.6 Å². The molecule has 2 N–H and O–H groups in total. The Hall–Kier alpha value is -0.770. The number of hydrogen-bond acceptors (Lipinski definition) is 3. The minimum Gasteiger partial charge on any atom is -0.396 e. The number of halogens is 1. The van der Waals surface area contributed by atoms with Crippen molar-refractivity contribution < 1.29 is 9.84 Å². The van der Waals surface area contributed by atoms with Crippen molar-refractivity contribution >= 4 is 17.3 Å². The van der Waals surface area contributed by atoms with Gasteiger partial charge in [0.05, 0.1) is 35.9 Å². The molecule has 0 aliphatic carbocycles. The van der Waals surface area contributed by atoms with Crippen LogP contribution in [-0.2, 0) is 4.74 Å². The second kappa shape index (κ2) is 4.62. The summed E-state index contributed by atoms with van der Waals surface area (Å²) in [5, 5.41) is 13.3. The van der Waals surface area contributed by atoms with Crippen molar-refractivity contribution in [3.63, 3.8) is 0 Å². The summed E-state index contributed by atoms with van der Waals surface area (Å²) < 4.78 is 5.14. The molecule has 1 heterocycles. The number of nitrogens with one attached hydrogen (secondary N) is 1. The molecule has 2 rings (SSSR count). The summed E-state index contributed by atoms with van der Waals surface area (Å²) in [6, 6.07) is 5.86. The normalized spacial score (nSPS) is 17.9. The largest absolute Gasteiger partial charge is 0.396 e. The second-order valence-electron chi connectivity index (χ2n) is 4.49. The zero-order valence-electron chi connectivity index (χ0n) is 9.29. The molecule has 0 radical (unpaired) electrons. The third kappa shape index (κ3) is 2.32. The standard InChI is InChI=1S/C12H16ClNO2/c1-9-2-3-10(13)11(4-9)14-5-12(6-15)7-16-8-12/h2-4,14-15H,5-8H2,1H3. The summed E-state index contributed by atoms with van der Waals surface area (Å²) in [6.07, 6.45) is 0. The van der Waals surface area contributed by atoms with Crippen molar-refractivity contribution in [2.75, 3.05) is 31.7 Å². The molecule has 3 nitrogen and oxygen atoms in total. The van der Waals surface area contributed by atoms with Gasteiger partial charge in [0.1, 0.15) is 0 Å². The maximum atomic E-state index is 9.29. The van der Waals surface area contributed by atoms with Gasteiger partial charge < -0.3 is 15.2 Å². The van der Waals surface area contributed by atoms with E-state index in [1.165, 1.54) is 0 Å². The van der Waals surface area contributed by atoms with Crippen LogP contribution in [0.1, 0.15) is 5.56 Å². The smallest absolute Gasteiger partial charge is 0.0637 e. The highest BCUT2D eigenvalue weighted by Gasteiger charge is 2.37. The Balaban J connectivity index is 2.01. The van der Waals surface area contributed by atoms with Crippen molar-refractivity contribution in [2.24, 2.45) is 5.41 Å². The molecule has 0 amide bonds. The first-order valence-electron chi connectivity index (χ1n) is 5.34. The molecule has 0 aromatic heterocycles. The van der Waals surface area contributed by atoms with Crippen molar-refractivity contribution in [3.05, 3.63) is 28.8 Å². The van der Waals surface area contributed by atoms with Crippen LogP contribution < -0.4 is 5.32 Å². The lowest BCUT2D eigenvalue weighted by Crippen LogP contribution is -2.50. The Morgan fingerprint density at radius 3 is 2.81 bits per heavy atom. The average molecular weight is 242 g/mol. The van der Waals surface area contributed by atoms with E-state index in [9.17, 15) is 5.11 Å². The summed E-state index contributed by atoms with van der Waals surface area (Å²) in [5.41, 5.74) is 1.95. The maximum Gasteiger partial charge on any atom is 0.0637 e. The number of aryl methyl sites for hydroxylation is 1. The van der Waals surface area contributed by atoms with Crippen LogP contribution in [-0.4, -0.2) is 31.5 Å².